The Morgan fingerprint density at radius 2 is 2.37 bits per heavy atom. The van der Waals surface area contributed by atoms with E-state index in [-0.39, 0.29) is 0 Å². The second-order valence-corrected chi connectivity index (χ2v) is 6.47. The minimum Gasteiger partial charge on any atom is -0.316 e. The zero-order valence-electron chi connectivity index (χ0n) is 12.3. The van der Waals surface area contributed by atoms with Gasteiger partial charge in [0.1, 0.15) is 0 Å². The molecule has 1 fully saturated rings. The Hall–Kier alpha value is -0.450. The SMILES string of the molecule is CCCc1nc(CN(CC)CC2CCCNC2)cs1. The van der Waals surface area contributed by atoms with Gasteiger partial charge >= 0.3 is 0 Å². The number of aryl methyl sites for hydroxylation is 1. The van der Waals surface area contributed by atoms with Gasteiger partial charge in [-0.25, -0.2) is 4.98 Å². The van der Waals surface area contributed by atoms with Gasteiger partial charge in [0.25, 0.3) is 0 Å². The Bertz CT molecular complexity index is 358. The summed E-state index contributed by atoms with van der Waals surface area (Å²) in [5.74, 6) is 0.822. The maximum absolute atomic E-state index is 4.74. The monoisotopic (exact) mass is 281 g/mol. The number of rotatable bonds is 7. The predicted molar refractivity (Wildman–Crippen MR) is 82.7 cm³/mol. The summed E-state index contributed by atoms with van der Waals surface area (Å²) in [4.78, 5) is 7.29. The number of hydrogen-bond acceptors (Lipinski definition) is 4. The summed E-state index contributed by atoms with van der Waals surface area (Å²) in [6, 6.07) is 0. The fourth-order valence-corrected chi connectivity index (χ4v) is 3.62. The average Bonchev–Trinajstić information content (AvgIpc) is 2.87. The van der Waals surface area contributed by atoms with Gasteiger partial charge in [-0.3, -0.25) is 4.90 Å². The molecule has 108 valence electrons. The Balaban J connectivity index is 1.83. The van der Waals surface area contributed by atoms with Crippen LogP contribution in [-0.4, -0.2) is 36.1 Å². The summed E-state index contributed by atoms with van der Waals surface area (Å²) in [6.07, 6.45) is 5.03. The van der Waals surface area contributed by atoms with Gasteiger partial charge in [-0.1, -0.05) is 13.8 Å². The summed E-state index contributed by atoms with van der Waals surface area (Å²) in [6.45, 7) is 10.2. The van der Waals surface area contributed by atoms with Gasteiger partial charge in [0.15, 0.2) is 0 Å². The van der Waals surface area contributed by atoms with E-state index in [1.807, 2.05) is 11.3 Å². The first kappa shape index (κ1) is 14.9. The van der Waals surface area contributed by atoms with Crippen molar-refractivity contribution < 1.29 is 0 Å². The highest BCUT2D eigenvalue weighted by atomic mass is 32.1. The largest absolute Gasteiger partial charge is 0.316 e. The lowest BCUT2D eigenvalue weighted by molar-refractivity contribution is 0.208. The third kappa shape index (κ3) is 4.86. The van der Waals surface area contributed by atoms with Crippen LogP contribution in [0.1, 0.15) is 43.8 Å². The van der Waals surface area contributed by atoms with E-state index >= 15 is 0 Å². The molecule has 19 heavy (non-hydrogen) atoms. The molecule has 0 radical (unpaired) electrons. The third-order valence-corrected chi connectivity index (χ3v) is 4.77. The molecule has 1 aliphatic heterocycles. The molecule has 0 spiro atoms. The molecular formula is C15H27N3S. The zero-order chi connectivity index (χ0) is 13.5. The van der Waals surface area contributed by atoms with Crippen LogP contribution in [-0.2, 0) is 13.0 Å². The number of hydrogen-bond donors (Lipinski definition) is 1. The van der Waals surface area contributed by atoms with Crippen LogP contribution < -0.4 is 5.32 Å². The summed E-state index contributed by atoms with van der Waals surface area (Å²) >= 11 is 1.82. The summed E-state index contributed by atoms with van der Waals surface area (Å²) in [5, 5.41) is 7.05. The van der Waals surface area contributed by atoms with Gasteiger partial charge in [-0.2, -0.15) is 0 Å². The molecule has 0 bridgehead atoms. The Kier molecular flexibility index (Phi) is 6.28. The van der Waals surface area contributed by atoms with Crippen LogP contribution in [0.2, 0.25) is 0 Å². The molecule has 0 amide bonds. The normalized spacial score (nSPS) is 20.1. The molecule has 1 aromatic heterocycles. The lowest BCUT2D eigenvalue weighted by Gasteiger charge is -2.28. The molecule has 2 rings (SSSR count). The van der Waals surface area contributed by atoms with E-state index in [2.05, 4.69) is 29.4 Å². The van der Waals surface area contributed by atoms with E-state index in [9.17, 15) is 0 Å². The molecule has 2 heterocycles. The van der Waals surface area contributed by atoms with Crippen molar-refractivity contribution in [2.75, 3.05) is 26.2 Å². The minimum absolute atomic E-state index is 0.822. The maximum atomic E-state index is 4.74. The smallest absolute Gasteiger partial charge is 0.0928 e. The van der Waals surface area contributed by atoms with Crippen LogP contribution in [0.5, 0.6) is 0 Å². The molecular weight excluding hydrogens is 254 g/mol. The number of thiazole rings is 1. The lowest BCUT2D eigenvalue weighted by Crippen LogP contribution is -2.38. The van der Waals surface area contributed by atoms with Gasteiger partial charge < -0.3 is 5.32 Å². The highest BCUT2D eigenvalue weighted by Gasteiger charge is 2.17. The number of nitrogens with zero attached hydrogens (tertiary/aromatic N) is 2. The first-order chi connectivity index (χ1) is 9.31. The number of nitrogens with one attached hydrogen (secondary N) is 1. The van der Waals surface area contributed by atoms with Crippen molar-refractivity contribution in [3.05, 3.63) is 16.1 Å². The summed E-state index contributed by atoms with van der Waals surface area (Å²) in [7, 11) is 0. The lowest BCUT2D eigenvalue weighted by atomic mass is 9.99. The molecule has 3 nitrogen and oxygen atoms in total. The summed E-state index contributed by atoms with van der Waals surface area (Å²) in [5.41, 5.74) is 1.26. The van der Waals surface area contributed by atoms with E-state index in [0.717, 1.165) is 25.4 Å². The van der Waals surface area contributed by atoms with Crippen LogP contribution in [0.25, 0.3) is 0 Å². The molecule has 4 heteroatoms. The van der Waals surface area contributed by atoms with E-state index in [4.69, 9.17) is 4.98 Å². The van der Waals surface area contributed by atoms with Crippen molar-refractivity contribution in [3.63, 3.8) is 0 Å². The van der Waals surface area contributed by atoms with Crippen molar-refractivity contribution in [2.45, 2.75) is 46.1 Å². The first-order valence-corrected chi connectivity index (χ1v) is 8.56. The topological polar surface area (TPSA) is 28.2 Å². The van der Waals surface area contributed by atoms with E-state index in [1.165, 1.54) is 49.6 Å². The Labute approximate surface area is 121 Å². The van der Waals surface area contributed by atoms with Gasteiger partial charge in [-0.15, -0.1) is 11.3 Å². The maximum Gasteiger partial charge on any atom is 0.0928 e. The molecule has 1 aliphatic rings. The van der Waals surface area contributed by atoms with Gasteiger partial charge in [-0.05, 0) is 51.2 Å². The van der Waals surface area contributed by atoms with Crippen LogP contribution in [0, 0.1) is 5.92 Å². The highest BCUT2D eigenvalue weighted by Crippen LogP contribution is 2.16. The molecule has 0 saturated carbocycles. The second-order valence-electron chi connectivity index (χ2n) is 5.52. The van der Waals surface area contributed by atoms with Crippen molar-refractivity contribution in [3.8, 4) is 0 Å². The second kappa shape index (κ2) is 7.98. The predicted octanol–water partition coefficient (Wildman–Crippen LogP) is 2.92. The van der Waals surface area contributed by atoms with Gasteiger partial charge in [0.2, 0.25) is 0 Å². The van der Waals surface area contributed by atoms with E-state index < -0.39 is 0 Å². The Morgan fingerprint density at radius 3 is 3.05 bits per heavy atom. The molecule has 1 aromatic rings. The number of piperidine rings is 1. The van der Waals surface area contributed by atoms with E-state index in [1.54, 1.807) is 0 Å². The minimum atomic E-state index is 0.822. The fraction of sp³-hybridized carbons (Fsp3) is 0.800. The van der Waals surface area contributed by atoms with Gasteiger partial charge in [0, 0.05) is 18.5 Å². The Morgan fingerprint density at radius 1 is 1.47 bits per heavy atom. The van der Waals surface area contributed by atoms with Crippen molar-refractivity contribution >= 4 is 11.3 Å². The standard InChI is InChI=1S/C15H27N3S/c1-3-6-15-17-14(12-19-15)11-18(4-2)10-13-7-5-8-16-9-13/h12-13,16H,3-11H2,1-2H3. The van der Waals surface area contributed by atoms with Crippen LogP contribution in [0.3, 0.4) is 0 Å². The molecule has 0 aromatic carbocycles. The van der Waals surface area contributed by atoms with Crippen molar-refractivity contribution in [1.29, 1.82) is 0 Å². The van der Waals surface area contributed by atoms with E-state index in [0.29, 0.717) is 0 Å². The summed E-state index contributed by atoms with van der Waals surface area (Å²) < 4.78 is 0. The average molecular weight is 281 g/mol. The first-order valence-electron chi connectivity index (χ1n) is 7.68. The van der Waals surface area contributed by atoms with Crippen LogP contribution >= 0.6 is 11.3 Å². The van der Waals surface area contributed by atoms with Crippen LogP contribution in [0.15, 0.2) is 5.38 Å². The molecule has 1 N–H and O–H groups in total. The molecule has 1 saturated heterocycles. The third-order valence-electron chi connectivity index (χ3n) is 3.81. The molecule has 0 aliphatic carbocycles. The van der Waals surface area contributed by atoms with Crippen molar-refractivity contribution in [2.24, 2.45) is 5.92 Å². The van der Waals surface area contributed by atoms with Gasteiger partial charge in [0.05, 0.1) is 10.7 Å². The van der Waals surface area contributed by atoms with Crippen molar-refractivity contribution in [1.82, 2.24) is 15.2 Å². The quantitative estimate of drug-likeness (QED) is 0.833. The highest BCUT2D eigenvalue weighted by molar-refractivity contribution is 7.09. The molecule has 1 unspecified atom stereocenters. The fourth-order valence-electron chi connectivity index (χ4n) is 2.73. The zero-order valence-corrected chi connectivity index (χ0v) is 13.1. The van der Waals surface area contributed by atoms with Crippen LogP contribution in [0.4, 0.5) is 0 Å². The molecule has 1 atom stereocenters. The number of aromatic nitrogens is 1.